The molecular weight excluding hydrogens is 436 g/mol. The van der Waals surface area contributed by atoms with E-state index in [1.807, 2.05) is 6.92 Å². The third-order valence-corrected chi connectivity index (χ3v) is 6.30. The number of aryl methyl sites for hydroxylation is 3. The van der Waals surface area contributed by atoms with Gasteiger partial charge in [0.1, 0.15) is 0 Å². The predicted molar refractivity (Wildman–Crippen MR) is 135 cm³/mol. The summed E-state index contributed by atoms with van der Waals surface area (Å²) in [5, 5.41) is 0. The average molecular weight is 463 g/mol. The van der Waals surface area contributed by atoms with E-state index in [-0.39, 0.29) is 4.90 Å². The summed E-state index contributed by atoms with van der Waals surface area (Å²) in [4.78, 5) is 0.944. The topological polar surface area (TPSA) is 54.4 Å². The Bertz CT molecular complexity index is 1290. The summed E-state index contributed by atoms with van der Waals surface area (Å²) in [6.45, 7) is 6.06. The zero-order chi connectivity index (χ0) is 23.3. The highest BCUT2D eigenvalue weighted by atomic mass is 32.2. The molecule has 0 heterocycles. The van der Waals surface area contributed by atoms with Crippen LogP contribution in [0.4, 0.5) is 0 Å². The SMILES string of the molecule is Cc1ccc(-c2cccc(S)c2-c2ccc(C)cc2)cc1.Cc1ccc(S(=O)(=O)O)cc1. The Morgan fingerprint density at radius 1 is 0.625 bits per heavy atom. The lowest BCUT2D eigenvalue weighted by atomic mass is 9.93. The van der Waals surface area contributed by atoms with Crippen molar-refractivity contribution < 1.29 is 13.0 Å². The maximum absolute atomic E-state index is 10.5. The molecule has 0 aliphatic carbocycles. The van der Waals surface area contributed by atoms with E-state index in [2.05, 4.69) is 93.2 Å². The molecule has 0 radical (unpaired) electrons. The summed E-state index contributed by atoms with van der Waals surface area (Å²) in [6, 6.07) is 29.6. The molecule has 0 atom stereocenters. The molecule has 0 spiro atoms. The Hall–Kier alpha value is -2.86. The average Bonchev–Trinajstić information content (AvgIpc) is 2.75. The van der Waals surface area contributed by atoms with Gasteiger partial charge in [0.15, 0.2) is 0 Å². The first-order valence-electron chi connectivity index (χ1n) is 10.2. The standard InChI is InChI=1S/C20H18S.C7H8O3S/c1-14-6-10-16(11-7-14)18-4-3-5-19(21)20(18)17-12-8-15(2)9-13-17;1-6-2-4-7(5-3-6)11(8,9)10/h3-13,21H,1-2H3;2-5H,1H3,(H,8,9,10). The first kappa shape index (κ1) is 23.8. The molecule has 0 saturated heterocycles. The maximum Gasteiger partial charge on any atom is 0.294 e. The van der Waals surface area contributed by atoms with E-state index < -0.39 is 10.1 Å². The van der Waals surface area contributed by atoms with Crippen LogP contribution in [0.25, 0.3) is 22.3 Å². The van der Waals surface area contributed by atoms with E-state index in [9.17, 15) is 8.42 Å². The first-order valence-corrected chi connectivity index (χ1v) is 12.0. The number of rotatable bonds is 3. The summed E-state index contributed by atoms with van der Waals surface area (Å²) >= 11 is 4.68. The summed E-state index contributed by atoms with van der Waals surface area (Å²) in [6.07, 6.45) is 0. The van der Waals surface area contributed by atoms with Gasteiger partial charge in [0.25, 0.3) is 10.1 Å². The molecule has 164 valence electrons. The zero-order valence-corrected chi connectivity index (χ0v) is 20.0. The van der Waals surface area contributed by atoms with Gasteiger partial charge in [0.2, 0.25) is 0 Å². The van der Waals surface area contributed by atoms with Crippen molar-refractivity contribution in [3.8, 4) is 22.3 Å². The highest BCUT2D eigenvalue weighted by Gasteiger charge is 2.10. The van der Waals surface area contributed by atoms with Gasteiger partial charge >= 0.3 is 0 Å². The van der Waals surface area contributed by atoms with Crippen LogP contribution >= 0.6 is 12.6 Å². The molecule has 5 heteroatoms. The van der Waals surface area contributed by atoms with Crippen molar-refractivity contribution in [2.45, 2.75) is 30.6 Å². The van der Waals surface area contributed by atoms with Gasteiger partial charge < -0.3 is 0 Å². The molecule has 0 amide bonds. The van der Waals surface area contributed by atoms with Crippen molar-refractivity contribution in [1.29, 1.82) is 0 Å². The van der Waals surface area contributed by atoms with Crippen molar-refractivity contribution in [3.63, 3.8) is 0 Å². The van der Waals surface area contributed by atoms with Crippen LogP contribution in [0.1, 0.15) is 16.7 Å². The van der Waals surface area contributed by atoms with Crippen LogP contribution in [0.3, 0.4) is 0 Å². The van der Waals surface area contributed by atoms with Crippen molar-refractivity contribution in [3.05, 3.63) is 108 Å². The second-order valence-corrected chi connectivity index (χ2v) is 9.62. The number of hydrogen-bond donors (Lipinski definition) is 2. The molecule has 3 nitrogen and oxygen atoms in total. The van der Waals surface area contributed by atoms with Gasteiger partial charge in [0.05, 0.1) is 4.90 Å². The Kier molecular flexibility index (Phi) is 7.56. The van der Waals surface area contributed by atoms with Gasteiger partial charge in [0, 0.05) is 10.5 Å². The Labute approximate surface area is 195 Å². The minimum Gasteiger partial charge on any atom is -0.282 e. The second-order valence-electron chi connectivity index (χ2n) is 7.72. The quantitative estimate of drug-likeness (QED) is 0.251. The van der Waals surface area contributed by atoms with Gasteiger partial charge in [-0.2, -0.15) is 8.42 Å². The fourth-order valence-corrected chi connectivity index (χ4v) is 4.06. The molecular formula is C27H26O3S2. The van der Waals surface area contributed by atoms with Crippen LogP contribution in [-0.4, -0.2) is 13.0 Å². The summed E-state index contributed by atoms with van der Waals surface area (Å²) < 4.78 is 29.6. The van der Waals surface area contributed by atoms with Gasteiger partial charge in [-0.25, -0.2) is 0 Å². The van der Waals surface area contributed by atoms with Crippen LogP contribution in [0.15, 0.2) is 101 Å². The third-order valence-electron chi connectivity index (χ3n) is 5.06. The number of hydrogen-bond acceptors (Lipinski definition) is 3. The van der Waals surface area contributed by atoms with Crippen molar-refractivity contribution in [1.82, 2.24) is 0 Å². The van der Waals surface area contributed by atoms with Crippen LogP contribution in [0, 0.1) is 20.8 Å². The van der Waals surface area contributed by atoms with Gasteiger partial charge in [-0.15, -0.1) is 12.6 Å². The lowest BCUT2D eigenvalue weighted by molar-refractivity contribution is 0.483. The van der Waals surface area contributed by atoms with E-state index in [1.54, 1.807) is 12.1 Å². The molecule has 0 bridgehead atoms. The third kappa shape index (κ3) is 6.10. The predicted octanol–water partition coefficient (Wildman–Crippen LogP) is 7.17. The smallest absolute Gasteiger partial charge is 0.282 e. The van der Waals surface area contributed by atoms with Crippen LogP contribution in [0.5, 0.6) is 0 Å². The fourth-order valence-electron chi connectivity index (χ4n) is 3.25. The number of benzene rings is 4. The van der Waals surface area contributed by atoms with E-state index in [0.717, 1.165) is 10.5 Å². The molecule has 1 N–H and O–H groups in total. The van der Waals surface area contributed by atoms with Crippen LogP contribution in [0.2, 0.25) is 0 Å². The largest absolute Gasteiger partial charge is 0.294 e. The Balaban J connectivity index is 0.000000222. The second kappa shape index (κ2) is 10.2. The monoisotopic (exact) mass is 462 g/mol. The maximum atomic E-state index is 10.5. The van der Waals surface area contributed by atoms with Crippen molar-refractivity contribution >= 4 is 22.7 Å². The minimum absolute atomic E-state index is 0.0666. The minimum atomic E-state index is -4.02. The molecule has 0 aliphatic rings. The van der Waals surface area contributed by atoms with Crippen LogP contribution < -0.4 is 0 Å². The molecule has 0 aliphatic heterocycles. The fraction of sp³-hybridized carbons (Fsp3) is 0.111. The van der Waals surface area contributed by atoms with Gasteiger partial charge in [-0.1, -0.05) is 89.5 Å². The molecule has 0 aromatic heterocycles. The first-order chi connectivity index (χ1) is 15.1. The highest BCUT2D eigenvalue weighted by molar-refractivity contribution is 7.85. The Morgan fingerprint density at radius 2 is 1.06 bits per heavy atom. The lowest BCUT2D eigenvalue weighted by Gasteiger charge is -2.13. The van der Waals surface area contributed by atoms with E-state index in [1.165, 1.54) is 45.5 Å². The summed E-state index contributed by atoms with van der Waals surface area (Å²) in [5.74, 6) is 0. The Morgan fingerprint density at radius 3 is 1.53 bits per heavy atom. The molecule has 0 fully saturated rings. The number of thiol groups is 1. The summed E-state index contributed by atoms with van der Waals surface area (Å²) in [5.41, 5.74) is 8.37. The van der Waals surface area contributed by atoms with Crippen molar-refractivity contribution in [2.75, 3.05) is 0 Å². The molecule has 0 unspecified atom stereocenters. The van der Waals surface area contributed by atoms with Crippen LogP contribution in [-0.2, 0) is 10.1 Å². The van der Waals surface area contributed by atoms with Gasteiger partial charge in [-0.3, -0.25) is 4.55 Å². The molecule has 4 aromatic carbocycles. The highest BCUT2D eigenvalue weighted by Crippen LogP contribution is 2.36. The zero-order valence-electron chi connectivity index (χ0n) is 18.3. The lowest BCUT2D eigenvalue weighted by Crippen LogP contribution is -1.96. The van der Waals surface area contributed by atoms with Gasteiger partial charge in [-0.05, 0) is 55.7 Å². The molecule has 4 rings (SSSR count). The van der Waals surface area contributed by atoms with Crippen molar-refractivity contribution in [2.24, 2.45) is 0 Å². The molecule has 4 aromatic rings. The van der Waals surface area contributed by atoms with E-state index >= 15 is 0 Å². The molecule has 0 saturated carbocycles. The normalized spacial score (nSPS) is 10.9. The van der Waals surface area contributed by atoms with E-state index in [4.69, 9.17) is 4.55 Å². The van der Waals surface area contributed by atoms with E-state index in [0.29, 0.717) is 0 Å². The summed E-state index contributed by atoms with van der Waals surface area (Å²) in [7, 11) is -4.02. The molecule has 32 heavy (non-hydrogen) atoms.